The van der Waals surface area contributed by atoms with E-state index in [1.54, 1.807) is 31.6 Å². The summed E-state index contributed by atoms with van der Waals surface area (Å²) in [5, 5.41) is 0.893. The number of benzene rings is 2. The van der Waals surface area contributed by atoms with E-state index >= 15 is 0 Å². The molecule has 190 valence electrons. The van der Waals surface area contributed by atoms with Crippen LogP contribution in [0.5, 0.6) is 5.75 Å². The first kappa shape index (κ1) is 24.7. The third-order valence-electron chi connectivity index (χ3n) is 7.01. The average Bonchev–Trinajstić information content (AvgIpc) is 3.34. The zero-order valence-corrected chi connectivity index (χ0v) is 21.3. The van der Waals surface area contributed by atoms with Crippen molar-refractivity contribution >= 4 is 22.4 Å². The van der Waals surface area contributed by atoms with Crippen molar-refractivity contribution in [3.8, 4) is 16.9 Å². The molecule has 4 aromatic rings. The number of allylic oxidation sites excluding steroid dienone is 1. The van der Waals surface area contributed by atoms with Gasteiger partial charge in [-0.1, -0.05) is 12.1 Å². The normalized spacial score (nSPS) is 14.8. The van der Waals surface area contributed by atoms with Crippen LogP contribution in [0.4, 0.5) is 4.39 Å². The molecule has 2 aromatic heterocycles. The van der Waals surface area contributed by atoms with E-state index in [9.17, 15) is 9.18 Å². The van der Waals surface area contributed by atoms with E-state index in [-0.39, 0.29) is 11.7 Å². The van der Waals surface area contributed by atoms with Crippen LogP contribution in [0.3, 0.4) is 0 Å². The van der Waals surface area contributed by atoms with Crippen LogP contribution in [-0.4, -0.2) is 54.0 Å². The number of aromatic nitrogens is 1. The lowest BCUT2D eigenvalue weighted by molar-refractivity contribution is -0.127. The number of methoxy groups -OCH3 is 1. The summed E-state index contributed by atoms with van der Waals surface area (Å²) in [4.78, 5) is 21.5. The second kappa shape index (κ2) is 10.6. The predicted octanol–water partition coefficient (Wildman–Crippen LogP) is 5.70. The number of aryl methyl sites for hydroxylation is 1. The number of carbonyl (C=O) groups is 1. The van der Waals surface area contributed by atoms with Gasteiger partial charge in [0.25, 0.3) is 0 Å². The minimum Gasteiger partial charge on any atom is -0.496 e. The molecular formula is C30H30FN3O3. The lowest BCUT2D eigenvalue weighted by Gasteiger charge is -2.34. The van der Waals surface area contributed by atoms with E-state index in [0.29, 0.717) is 24.4 Å². The first-order valence-corrected chi connectivity index (χ1v) is 12.4. The number of carbonyl (C=O) groups excluding carboxylic acids is 1. The Balaban J connectivity index is 1.37. The Morgan fingerprint density at radius 2 is 1.81 bits per heavy atom. The zero-order valence-electron chi connectivity index (χ0n) is 21.3. The van der Waals surface area contributed by atoms with E-state index < -0.39 is 0 Å². The fourth-order valence-corrected chi connectivity index (χ4v) is 4.95. The Labute approximate surface area is 216 Å². The number of fused-ring (bicyclic) bond motifs is 1. The molecule has 1 saturated heterocycles. The largest absolute Gasteiger partial charge is 0.496 e. The SMILES string of the molecule is COc1c(/C(C)=C/C(=O)N2CCN(Cc3ccncc3)CC2)cc2c(-c3ccc(F)cc3)coc2c1C. The number of amides is 1. The second-order valence-electron chi connectivity index (χ2n) is 9.40. The van der Waals surface area contributed by atoms with Gasteiger partial charge in [0.1, 0.15) is 17.1 Å². The van der Waals surface area contributed by atoms with Gasteiger partial charge < -0.3 is 14.1 Å². The molecule has 37 heavy (non-hydrogen) atoms. The van der Waals surface area contributed by atoms with Crippen molar-refractivity contribution in [2.24, 2.45) is 0 Å². The fourth-order valence-electron chi connectivity index (χ4n) is 4.95. The molecule has 1 aliphatic heterocycles. The highest BCUT2D eigenvalue weighted by Gasteiger charge is 2.22. The van der Waals surface area contributed by atoms with E-state index in [4.69, 9.17) is 9.15 Å². The Bertz CT molecular complexity index is 1440. The van der Waals surface area contributed by atoms with E-state index in [0.717, 1.165) is 52.8 Å². The number of hydrogen-bond acceptors (Lipinski definition) is 5. The maximum atomic E-state index is 13.5. The van der Waals surface area contributed by atoms with Gasteiger partial charge in [-0.15, -0.1) is 0 Å². The third kappa shape index (κ3) is 5.13. The van der Waals surface area contributed by atoms with Crippen LogP contribution >= 0.6 is 0 Å². The van der Waals surface area contributed by atoms with Crippen LogP contribution in [0.1, 0.15) is 23.6 Å². The standard InChI is InChI=1S/C30H30FN3O3/c1-20(16-28(35)34-14-12-33(13-15-34)18-22-8-10-32-11-9-22)25-17-26-27(23-4-6-24(31)7-5-23)19-37-30(26)21(2)29(25)36-3/h4-11,16-17,19H,12-15,18H2,1-3H3/b20-16+. The van der Waals surface area contributed by atoms with Gasteiger partial charge in [-0.3, -0.25) is 14.7 Å². The molecule has 5 rings (SSSR count). The first-order chi connectivity index (χ1) is 17.9. The molecule has 3 heterocycles. The molecule has 0 N–H and O–H groups in total. The molecule has 0 unspecified atom stereocenters. The summed E-state index contributed by atoms with van der Waals surface area (Å²) in [5.74, 6) is 0.383. The van der Waals surface area contributed by atoms with Crippen LogP contribution in [0.2, 0.25) is 0 Å². The molecule has 0 saturated carbocycles. The number of halogens is 1. The van der Waals surface area contributed by atoms with Gasteiger partial charge in [0.15, 0.2) is 0 Å². The van der Waals surface area contributed by atoms with Crippen molar-refractivity contribution in [3.63, 3.8) is 0 Å². The molecule has 7 heteroatoms. The third-order valence-corrected chi connectivity index (χ3v) is 7.01. The zero-order chi connectivity index (χ0) is 25.9. The van der Waals surface area contributed by atoms with Crippen molar-refractivity contribution < 1.29 is 18.3 Å². The molecule has 0 radical (unpaired) electrons. The number of pyridine rings is 1. The lowest BCUT2D eigenvalue weighted by atomic mass is 9.96. The average molecular weight is 500 g/mol. The van der Waals surface area contributed by atoms with Gasteiger partial charge in [0.05, 0.1) is 13.4 Å². The van der Waals surface area contributed by atoms with E-state index in [1.165, 1.54) is 17.7 Å². The minimum atomic E-state index is -0.287. The fraction of sp³-hybridized carbons (Fsp3) is 0.267. The van der Waals surface area contributed by atoms with Crippen LogP contribution in [-0.2, 0) is 11.3 Å². The Morgan fingerprint density at radius 1 is 1.11 bits per heavy atom. The highest BCUT2D eigenvalue weighted by atomic mass is 19.1. The summed E-state index contributed by atoms with van der Waals surface area (Å²) in [6.07, 6.45) is 6.99. The summed E-state index contributed by atoms with van der Waals surface area (Å²) < 4.78 is 25.1. The van der Waals surface area contributed by atoms with Gasteiger partial charge in [0.2, 0.25) is 5.91 Å². The van der Waals surface area contributed by atoms with Crippen molar-refractivity contribution in [3.05, 3.63) is 89.7 Å². The molecule has 0 aliphatic carbocycles. The summed E-state index contributed by atoms with van der Waals surface area (Å²) in [6.45, 7) is 7.74. The topological polar surface area (TPSA) is 58.8 Å². The van der Waals surface area contributed by atoms with Crippen molar-refractivity contribution in [2.75, 3.05) is 33.3 Å². The molecule has 0 bridgehead atoms. The van der Waals surface area contributed by atoms with E-state index in [1.807, 2.05) is 49.3 Å². The molecule has 1 amide bonds. The smallest absolute Gasteiger partial charge is 0.246 e. The highest BCUT2D eigenvalue weighted by molar-refractivity contribution is 6.01. The van der Waals surface area contributed by atoms with Gasteiger partial charge >= 0.3 is 0 Å². The van der Waals surface area contributed by atoms with Gasteiger partial charge in [-0.25, -0.2) is 4.39 Å². The van der Waals surface area contributed by atoms with Crippen LogP contribution in [0, 0.1) is 12.7 Å². The van der Waals surface area contributed by atoms with Crippen LogP contribution in [0.25, 0.3) is 27.7 Å². The molecule has 1 aliphatic rings. The number of ether oxygens (including phenoxy) is 1. The monoisotopic (exact) mass is 499 g/mol. The number of piperazine rings is 1. The van der Waals surface area contributed by atoms with Crippen LogP contribution < -0.4 is 4.74 Å². The maximum Gasteiger partial charge on any atom is 0.246 e. The quantitative estimate of drug-likeness (QED) is 0.319. The van der Waals surface area contributed by atoms with Crippen LogP contribution in [0.15, 0.2) is 71.6 Å². The number of hydrogen-bond donors (Lipinski definition) is 0. The van der Waals surface area contributed by atoms with Gasteiger partial charge in [-0.05, 0) is 60.9 Å². The van der Waals surface area contributed by atoms with Gasteiger partial charge in [0, 0.05) is 73.3 Å². The number of furan rings is 1. The Hall–Kier alpha value is -3.97. The Morgan fingerprint density at radius 3 is 2.49 bits per heavy atom. The molecule has 1 fully saturated rings. The molecular weight excluding hydrogens is 469 g/mol. The summed E-state index contributed by atoms with van der Waals surface area (Å²) in [5.41, 5.74) is 6.17. The second-order valence-corrected chi connectivity index (χ2v) is 9.40. The number of rotatable bonds is 6. The molecule has 6 nitrogen and oxygen atoms in total. The van der Waals surface area contributed by atoms with Crippen molar-refractivity contribution in [2.45, 2.75) is 20.4 Å². The van der Waals surface area contributed by atoms with Gasteiger partial charge in [-0.2, -0.15) is 0 Å². The Kier molecular flexibility index (Phi) is 7.06. The minimum absolute atomic E-state index is 0.00758. The maximum absolute atomic E-state index is 13.5. The molecule has 0 spiro atoms. The summed E-state index contributed by atoms with van der Waals surface area (Å²) in [7, 11) is 1.62. The van der Waals surface area contributed by atoms with E-state index in [2.05, 4.69) is 9.88 Å². The number of nitrogens with zero attached hydrogens (tertiary/aromatic N) is 3. The van der Waals surface area contributed by atoms with Crippen molar-refractivity contribution in [1.82, 2.24) is 14.8 Å². The van der Waals surface area contributed by atoms with Crippen molar-refractivity contribution in [1.29, 1.82) is 0 Å². The predicted molar refractivity (Wildman–Crippen MR) is 143 cm³/mol. The molecule has 2 aromatic carbocycles. The lowest BCUT2D eigenvalue weighted by Crippen LogP contribution is -2.47. The molecule has 0 atom stereocenters. The summed E-state index contributed by atoms with van der Waals surface area (Å²) in [6, 6.07) is 12.4. The highest BCUT2D eigenvalue weighted by Crippen LogP contribution is 2.40. The first-order valence-electron chi connectivity index (χ1n) is 12.4. The summed E-state index contributed by atoms with van der Waals surface area (Å²) >= 11 is 0.